The van der Waals surface area contributed by atoms with E-state index in [1.807, 2.05) is 0 Å². The highest BCUT2D eigenvalue weighted by atomic mass is 32.2. The van der Waals surface area contributed by atoms with Crippen molar-refractivity contribution in [3.05, 3.63) is 35.9 Å². The summed E-state index contributed by atoms with van der Waals surface area (Å²) in [7, 11) is -5.05. The van der Waals surface area contributed by atoms with Gasteiger partial charge in [-0.25, -0.2) is 4.79 Å². The van der Waals surface area contributed by atoms with Crippen molar-refractivity contribution in [2.24, 2.45) is 0 Å². The Kier molecular flexibility index (Phi) is 3.17. The normalized spacial score (nSPS) is 15.1. The van der Waals surface area contributed by atoms with Gasteiger partial charge < -0.3 is 10.2 Å². The molecule has 0 radical (unpaired) electrons. The lowest BCUT2D eigenvalue weighted by Crippen LogP contribution is -2.51. The molecule has 0 aliphatic rings. The van der Waals surface area contributed by atoms with Gasteiger partial charge in [-0.15, -0.1) is 0 Å². The van der Waals surface area contributed by atoms with Crippen molar-refractivity contribution in [1.82, 2.24) is 5.32 Å². The van der Waals surface area contributed by atoms with Gasteiger partial charge in [-0.3, -0.25) is 9.87 Å². The van der Waals surface area contributed by atoms with Crippen LogP contribution in [0.1, 0.15) is 5.56 Å². The first-order chi connectivity index (χ1) is 7.27. The molecule has 1 aromatic rings. The number of benzene rings is 1. The molecule has 7 nitrogen and oxygen atoms in total. The zero-order chi connectivity index (χ0) is 12.4. The Morgan fingerprint density at radius 3 is 2.12 bits per heavy atom. The highest BCUT2D eigenvalue weighted by molar-refractivity contribution is 7.86. The lowest BCUT2D eigenvalue weighted by Gasteiger charge is -2.24. The second-order valence-electron chi connectivity index (χ2n) is 2.92. The maximum Gasteiger partial charge on any atom is 0.408 e. The fourth-order valence-corrected chi connectivity index (χ4v) is 1.74. The molecule has 0 saturated carbocycles. The van der Waals surface area contributed by atoms with Crippen LogP contribution < -0.4 is 5.32 Å². The molecule has 0 aliphatic carbocycles. The van der Waals surface area contributed by atoms with Gasteiger partial charge in [-0.2, -0.15) is 8.42 Å². The molecule has 0 spiro atoms. The van der Waals surface area contributed by atoms with E-state index in [0.29, 0.717) is 0 Å². The first-order valence-electron chi connectivity index (χ1n) is 4.03. The Morgan fingerprint density at radius 1 is 1.25 bits per heavy atom. The van der Waals surface area contributed by atoms with Crippen molar-refractivity contribution in [3.8, 4) is 0 Å². The van der Waals surface area contributed by atoms with Crippen molar-refractivity contribution in [2.45, 2.75) is 5.06 Å². The summed E-state index contributed by atoms with van der Waals surface area (Å²) in [6.45, 7) is 0. The zero-order valence-electron chi connectivity index (χ0n) is 7.86. The predicted octanol–water partition coefficient (Wildman–Crippen LogP) is -0.0554. The average Bonchev–Trinajstić information content (AvgIpc) is 2.16. The standard InChI is InChI=1S/C8H9NO6S/c10-7(11)9-8(12,16(13,14)15)6-4-2-1-3-5-6/h1-5,9,12H,(H,10,11)(H,13,14,15). The molecule has 1 aromatic carbocycles. The Balaban J connectivity index is 3.32. The van der Waals surface area contributed by atoms with Gasteiger partial charge in [0, 0.05) is 5.56 Å². The summed E-state index contributed by atoms with van der Waals surface area (Å²) < 4.78 is 30.8. The number of carboxylic acid groups (broad SMARTS) is 1. The molecule has 0 saturated heterocycles. The predicted molar refractivity (Wildman–Crippen MR) is 53.0 cm³/mol. The molecule has 16 heavy (non-hydrogen) atoms. The maximum absolute atomic E-state index is 11.0. The van der Waals surface area contributed by atoms with Crippen molar-refractivity contribution in [2.75, 3.05) is 0 Å². The van der Waals surface area contributed by atoms with Crippen LogP contribution in [0.15, 0.2) is 30.3 Å². The van der Waals surface area contributed by atoms with E-state index in [1.54, 1.807) is 0 Å². The number of rotatable bonds is 3. The number of amides is 1. The van der Waals surface area contributed by atoms with Crippen LogP contribution in [-0.4, -0.2) is 29.3 Å². The van der Waals surface area contributed by atoms with Crippen molar-refractivity contribution >= 4 is 16.2 Å². The van der Waals surface area contributed by atoms with E-state index in [1.165, 1.54) is 23.5 Å². The van der Waals surface area contributed by atoms with E-state index in [0.717, 1.165) is 12.1 Å². The molecule has 0 aromatic heterocycles. The van der Waals surface area contributed by atoms with Crippen molar-refractivity contribution in [3.63, 3.8) is 0 Å². The summed E-state index contributed by atoms with van der Waals surface area (Å²) in [5, 5.41) is 16.4. The van der Waals surface area contributed by atoms with Crippen LogP contribution in [0.25, 0.3) is 0 Å². The van der Waals surface area contributed by atoms with Gasteiger partial charge >= 0.3 is 16.2 Å². The van der Waals surface area contributed by atoms with Gasteiger partial charge in [0.1, 0.15) is 0 Å². The monoisotopic (exact) mass is 247 g/mol. The van der Waals surface area contributed by atoms with Gasteiger partial charge in [0.25, 0.3) is 5.06 Å². The minimum atomic E-state index is -5.05. The fraction of sp³-hybridized carbons (Fsp3) is 0.125. The number of carbonyl (C=O) groups is 1. The summed E-state index contributed by atoms with van der Waals surface area (Å²) in [6.07, 6.45) is -1.79. The van der Waals surface area contributed by atoms with Gasteiger partial charge in [0.15, 0.2) is 0 Å². The molecule has 1 unspecified atom stereocenters. The Hall–Kier alpha value is -1.64. The minimum absolute atomic E-state index is 0.306. The van der Waals surface area contributed by atoms with Crippen LogP contribution in [0.3, 0.4) is 0 Å². The molecule has 1 rings (SSSR count). The Morgan fingerprint density at radius 2 is 1.75 bits per heavy atom. The van der Waals surface area contributed by atoms with Crippen molar-refractivity contribution < 1.29 is 28.0 Å². The molecular weight excluding hydrogens is 238 g/mol. The van der Waals surface area contributed by atoms with Crippen LogP contribution in [0, 0.1) is 0 Å². The van der Waals surface area contributed by atoms with E-state index in [4.69, 9.17) is 9.66 Å². The topological polar surface area (TPSA) is 124 Å². The van der Waals surface area contributed by atoms with E-state index < -0.39 is 21.3 Å². The van der Waals surface area contributed by atoms with E-state index in [2.05, 4.69) is 0 Å². The van der Waals surface area contributed by atoms with Gasteiger partial charge in [0.05, 0.1) is 0 Å². The quantitative estimate of drug-likeness (QED) is 0.438. The lowest BCUT2D eigenvalue weighted by molar-refractivity contribution is 0.0726. The molecule has 4 N–H and O–H groups in total. The molecule has 0 bridgehead atoms. The molecular formula is C8H9NO6S. The number of aliphatic hydroxyl groups is 1. The fourth-order valence-electron chi connectivity index (χ4n) is 1.09. The number of hydrogen-bond acceptors (Lipinski definition) is 4. The van der Waals surface area contributed by atoms with E-state index >= 15 is 0 Å². The maximum atomic E-state index is 11.0. The summed E-state index contributed by atoms with van der Waals surface area (Å²) >= 11 is 0. The summed E-state index contributed by atoms with van der Waals surface area (Å²) in [4.78, 5) is 10.4. The lowest BCUT2D eigenvalue weighted by atomic mass is 10.2. The van der Waals surface area contributed by atoms with Gasteiger partial charge in [-0.05, 0) is 0 Å². The second-order valence-corrected chi connectivity index (χ2v) is 4.46. The third kappa shape index (κ3) is 2.30. The molecule has 8 heteroatoms. The van der Waals surface area contributed by atoms with E-state index in [9.17, 15) is 18.3 Å². The first-order valence-corrected chi connectivity index (χ1v) is 5.47. The van der Waals surface area contributed by atoms with E-state index in [-0.39, 0.29) is 5.56 Å². The summed E-state index contributed by atoms with van der Waals surface area (Å²) in [5.41, 5.74) is -0.306. The van der Waals surface area contributed by atoms with Crippen LogP contribution in [0.5, 0.6) is 0 Å². The highest BCUT2D eigenvalue weighted by Gasteiger charge is 2.44. The van der Waals surface area contributed by atoms with Crippen LogP contribution in [0.4, 0.5) is 4.79 Å². The largest absolute Gasteiger partial charge is 0.465 e. The van der Waals surface area contributed by atoms with Gasteiger partial charge in [-0.1, -0.05) is 30.3 Å². The molecule has 0 aliphatic heterocycles. The van der Waals surface area contributed by atoms with Crippen molar-refractivity contribution in [1.29, 1.82) is 0 Å². The van der Waals surface area contributed by atoms with Gasteiger partial charge in [0.2, 0.25) is 0 Å². The summed E-state index contributed by atoms with van der Waals surface area (Å²) in [6, 6.07) is 6.62. The highest BCUT2D eigenvalue weighted by Crippen LogP contribution is 2.23. The molecule has 1 amide bonds. The van der Waals surface area contributed by atoms with Crippen LogP contribution in [-0.2, 0) is 15.2 Å². The molecule has 0 heterocycles. The second kappa shape index (κ2) is 4.08. The zero-order valence-corrected chi connectivity index (χ0v) is 8.68. The average molecular weight is 247 g/mol. The first kappa shape index (κ1) is 12.4. The Bertz CT molecular complexity index is 485. The SMILES string of the molecule is O=C(O)NC(O)(c1ccccc1)S(=O)(=O)O. The number of nitrogens with one attached hydrogen (secondary N) is 1. The minimum Gasteiger partial charge on any atom is -0.465 e. The smallest absolute Gasteiger partial charge is 0.408 e. The molecule has 0 fully saturated rings. The Labute approximate surface area is 91.1 Å². The van der Waals surface area contributed by atoms with Crippen LogP contribution >= 0.6 is 0 Å². The third-order valence-electron chi connectivity index (χ3n) is 1.81. The third-order valence-corrected chi connectivity index (χ3v) is 2.90. The van der Waals surface area contributed by atoms with Crippen LogP contribution in [0.2, 0.25) is 0 Å². The summed E-state index contributed by atoms with van der Waals surface area (Å²) in [5.74, 6) is 0. The molecule has 1 atom stereocenters. The number of hydrogen-bond donors (Lipinski definition) is 4. The molecule has 88 valence electrons.